The van der Waals surface area contributed by atoms with Crippen molar-refractivity contribution in [1.29, 1.82) is 0 Å². The molecule has 0 spiro atoms. The van der Waals surface area contributed by atoms with Crippen molar-refractivity contribution in [1.82, 2.24) is 0 Å². The lowest BCUT2D eigenvalue weighted by molar-refractivity contribution is -0.164. The third kappa shape index (κ3) is 2.26. The van der Waals surface area contributed by atoms with Crippen LogP contribution < -0.4 is 0 Å². The monoisotopic (exact) mass is 346 g/mol. The fourth-order valence-corrected chi connectivity index (χ4v) is 2.65. The minimum Gasteiger partial charge on any atom is -0.462 e. The molecule has 1 aromatic carbocycles. The molecule has 1 unspecified atom stereocenters. The van der Waals surface area contributed by atoms with Crippen LogP contribution in [-0.4, -0.2) is 24.3 Å². The average Bonchev–Trinajstić information content (AvgIpc) is 2.63. The Hall–Kier alpha value is -1.30. The van der Waals surface area contributed by atoms with Gasteiger partial charge in [-0.1, -0.05) is 22.0 Å². The van der Waals surface area contributed by atoms with Crippen LogP contribution in [-0.2, 0) is 16.0 Å². The molecule has 0 radical (unpaired) electrons. The number of hydrogen-bond acceptors (Lipinski definition) is 3. The molecule has 0 bridgehead atoms. The predicted octanol–water partition coefficient (Wildman–Crippen LogP) is 3.39. The van der Waals surface area contributed by atoms with Crippen LogP contribution in [0.25, 0.3) is 0 Å². The summed E-state index contributed by atoms with van der Waals surface area (Å²) in [7, 11) is 0. The van der Waals surface area contributed by atoms with Crippen LogP contribution in [0.4, 0.5) is 8.78 Å². The summed E-state index contributed by atoms with van der Waals surface area (Å²) >= 11 is 3.19. The second-order valence-corrected chi connectivity index (χ2v) is 5.95. The van der Waals surface area contributed by atoms with E-state index in [0.29, 0.717) is 10.0 Å². The van der Waals surface area contributed by atoms with Crippen LogP contribution >= 0.6 is 15.9 Å². The lowest BCUT2D eigenvalue weighted by atomic mass is 9.84. The summed E-state index contributed by atoms with van der Waals surface area (Å²) in [4.78, 5) is 24.4. The van der Waals surface area contributed by atoms with Crippen molar-refractivity contribution in [2.75, 3.05) is 0 Å². The predicted molar refractivity (Wildman–Crippen MR) is 71.8 cm³/mol. The van der Waals surface area contributed by atoms with E-state index in [1.807, 2.05) is 0 Å². The van der Waals surface area contributed by atoms with E-state index in [2.05, 4.69) is 15.9 Å². The molecule has 3 nitrogen and oxygen atoms in total. The van der Waals surface area contributed by atoms with Gasteiger partial charge in [0.15, 0.2) is 11.2 Å². The normalized spacial score (nSPS) is 21.4. The van der Waals surface area contributed by atoms with E-state index in [0.717, 1.165) is 0 Å². The fraction of sp³-hybridized carbons (Fsp3) is 0.429. The SMILES string of the molecule is CC(C)OC(=O)C1(C(F)F)Cc2ccc(Br)cc2C1=O. The molecule has 0 amide bonds. The van der Waals surface area contributed by atoms with Crippen molar-refractivity contribution in [3.8, 4) is 0 Å². The number of ketones is 1. The Morgan fingerprint density at radius 2 is 2.05 bits per heavy atom. The molecule has 108 valence electrons. The van der Waals surface area contributed by atoms with Crippen LogP contribution in [0.2, 0.25) is 0 Å². The summed E-state index contributed by atoms with van der Waals surface area (Å²) in [6.07, 6.45) is -3.98. The number of Topliss-reactive ketones (excluding diaryl/α,β-unsaturated/α-hetero) is 1. The molecule has 0 aromatic heterocycles. The molecule has 1 aliphatic carbocycles. The Morgan fingerprint density at radius 3 is 2.60 bits per heavy atom. The molecule has 0 fully saturated rings. The van der Waals surface area contributed by atoms with Gasteiger partial charge in [-0.15, -0.1) is 0 Å². The van der Waals surface area contributed by atoms with Crippen LogP contribution in [0.1, 0.15) is 29.8 Å². The topological polar surface area (TPSA) is 43.4 Å². The zero-order valence-corrected chi connectivity index (χ0v) is 12.5. The first-order valence-electron chi connectivity index (χ1n) is 6.11. The summed E-state index contributed by atoms with van der Waals surface area (Å²) in [6.45, 7) is 3.11. The van der Waals surface area contributed by atoms with E-state index in [9.17, 15) is 18.4 Å². The van der Waals surface area contributed by atoms with Crippen molar-refractivity contribution in [3.63, 3.8) is 0 Å². The molecule has 0 saturated carbocycles. The van der Waals surface area contributed by atoms with Crippen molar-refractivity contribution in [2.45, 2.75) is 32.8 Å². The zero-order chi connectivity index (χ0) is 15.1. The van der Waals surface area contributed by atoms with E-state index in [1.54, 1.807) is 26.0 Å². The van der Waals surface area contributed by atoms with Gasteiger partial charge in [0.1, 0.15) is 0 Å². The highest BCUT2D eigenvalue weighted by atomic mass is 79.9. The fourth-order valence-electron chi connectivity index (χ4n) is 2.28. The number of fused-ring (bicyclic) bond motifs is 1. The number of carbonyl (C=O) groups is 2. The third-order valence-electron chi connectivity index (χ3n) is 3.27. The second-order valence-electron chi connectivity index (χ2n) is 5.03. The quantitative estimate of drug-likeness (QED) is 0.622. The highest BCUT2D eigenvalue weighted by Crippen LogP contribution is 2.43. The number of hydrogen-bond donors (Lipinski definition) is 0. The highest BCUT2D eigenvalue weighted by Gasteiger charge is 2.59. The first kappa shape index (κ1) is 15.1. The lowest BCUT2D eigenvalue weighted by Crippen LogP contribution is -2.45. The summed E-state index contributed by atoms with van der Waals surface area (Å²) in [5, 5.41) is 0. The Bertz CT molecular complexity index is 572. The molecular weight excluding hydrogens is 334 g/mol. The minimum absolute atomic E-state index is 0.153. The van der Waals surface area contributed by atoms with Gasteiger partial charge in [-0.05, 0) is 31.5 Å². The molecule has 1 aromatic rings. The summed E-state index contributed by atoms with van der Waals surface area (Å²) in [5.74, 6) is -2.02. The maximum Gasteiger partial charge on any atom is 0.326 e. The average molecular weight is 347 g/mol. The number of ether oxygens (including phenoxy) is 1. The molecule has 0 N–H and O–H groups in total. The van der Waals surface area contributed by atoms with Crippen LogP contribution in [0, 0.1) is 5.41 Å². The van der Waals surface area contributed by atoms with E-state index in [-0.39, 0.29) is 12.0 Å². The van der Waals surface area contributed by atoms with E-state index in [1.165, 1.54) is 6.07 Å². The lowest BCUT2D eigenvalue weighted by Gasteiger charge is -2.25. The van der Waals surface area contributed by atoms with Gasteiger partial charge in [-0.25, -0.2) is 8.78 Å². The number of rotatable bonds is 3. The molecule has 0 aliphatic heterocycles. The molecule has 1 aliphatic rings. The van der Waals surface area contributed by atoms with Gasteiger partial charge in [-0.3, -0.25) is 9.59 Å². The minimum atomic E-state index is -3.10. The van der Waals surface area contributed by atoms with Crippen molar-refractivity contribution >= 4 is 27.7 Å². The van der Waals surface area contributed by atoms with Gasteiger partial charge in [0.25, 0.3) is 6.43 Å². The number of benzene rings is 1. The summed E-state index contributed by atoms with van der Waals surface area (Å²) in [5.41, 5.74) is -1.81. The molecule has 2 rings (SSSR count). The molecule has 6 heteroatoms. The Labute approximate surface area is 123 Å². The molecule has 1 atom stereocenters. The van der Waals surface area contributed by atoms with Gasteiger partial charge < -0.3 is 4.74 Å². The number of alkyl halides is 2. The van der Waals surface area contributed by atoms with Crippen molar-refractivity contribution in [2.24, 2.45) is 5.41 Å². The Kier molecular flexibility index (Phi) is 3.95. The van der Waals surface area contributed by atoms with Gasteiger partial charge in [0, 0.05) is 16.5 Å². The number of halogens is 3. The molecular formula is C14H13BrF2O3. The van der Waals surface area contributed by atoms with E-state index in [4.69, 9.17) is 4.74 Å². The van der Waals surface area contributed by atoms with Gasteiger partial charge in [0.05, 0.1) is 6.10 Å². The Morgan fingerprint density at radius 1 is 1.40 bits per heavy atom. The summed E-state index contributed by atoms with van der Waals surface area (Å²) in [6, 6.07) is 4.69. The first-order valence-corrected chi connectivity index (χ1v) is 6.91. The van der Waals surface area contributed by atoms with Crippen LogP contribution in [0.5, 0.6) is 0 Å². The zero-order valence-electron chi connectivity index (χ0n) is 11.0. The van der Waals surface area contributed by atoms with Crippen LogP contribution in [0.15, 0.2) is 22.7 Å². The van der Waals surface area contributed by atoms with Gasteiger partial charge >= 0.3 is 5.97 Å². The first-order chi connectivity index (χ1) is 9.29. The third-order valence-corrected chi connectivity index (χ3v) is 3.76. The van der Waals surface area contributed by atoms with Crippen LogP contribution in [0.3, 0.4) is 0 Å². The van der Waals surface area contributed by atoms with E-state index >= 15 is 0 Å². The smallest absolute Gasteiger partial charge is 0.326 e. The molecule has 20 heavy (non-hydrogen) atoms. The second kappa shape index (κ2) is 5.24. The van der Waals surface area contributed by atoms with Crippen molar-refractivity contribution in [3.05, 3.63) is 33.8 Å². The molecule has 0 heterocycles. The van der Waals surface area contributed by atoms with E-state index < -0.39 is 29.7 Å². The maximum absolute atomic E-state index is 13.5. The van der Waals surface area contributed by atoms with Gasteiger partial charge in [0.2, 0.25) is 0 Å². The molecule has 0 saturated heterocycles. The summed E-state index contributed by atoms with van der Waals surface area (Å²) < 4.78 is 32.4. The standard InChI is InChI=1S/C14H13BrF2O3/c1-7(2)20-13(19)14(12(16)17)6-8-3-4-9(15)5-10(8)11(14)18/h3-5,7,12H,6H2,1-2H3. The largest absolute Gasteiger partial charge is 0.462 e. The number of esters is 1. The Balaban J connectivity index is 2.48. The highest BCUT2D eigenvalue weighted by molar-refractivity contribution is 9.10. The van der Waals surface area contributed by atoms with Gasteiger partial charge in [-0.2, -0.15) is 0 Å². The van der Waals surface area contributed by atoms with Crippen molar-refractivity contribution < 1.29 is 23.1 Å². The number of carbonyl (C=O) groups excluding carboxylic acids is 2. The maximum atomic E-state index is 13.5.